The topological polar surface area (TPSA) is 34.1 Å². The van der Waals surface area contributed by atoms with E-state index in [1.165, 1.54) is 0 Å². The largest absolute Gasteiger partial charge is 0.478 e. The van der Waals surface area contributed by atoms with Crippen LogP contribution in [0.2, 0.25) is 0 Å². The lowest BCUT2D eigenvalue weighted by molar-refractivity contribution is 0.163. The molecular weight excluding hydrogens is 190 g/mol. The van der Waals surface area contributed by atoms with Crippen LogP contribution in [0.3, 0.4) is 0 Å². The van der Waals surface area contributed by atoms with Crippen LogP contribution in [-0.2, 0) is 0 Å². The van der Waals surface area contributed by atoms with E-state index in [0.29, 0.717) is 18.3 Å². The van der Waals surface area contributed by atoms with Crippen molar-refractivity contribution in [2.75, 3.05) is 18.5 Å². The van der Waals surface area contributed by atoms with Crippen LogP contribution in [0.4, 0.5) is 14.6 Å². The van der Waals surface area contributed by atoms with Crippen LogP contribution in [-0.4, -0.2) is 24.6 Å². The zero-order valence-electron chi connectivity index (χ0n) is 7.84. The fraction of sp³-hybridized carbons (Fsp3) is 0.444. The van der Waals surface area contributed by atoms with Crippen LogP contribution in [0.25, 0.3) is 0 Å². The smallest absolute Gasteiger partial charge is 0.255 e. The minimum atomic E-state index is -2.38. The van der Waals surface area contributed by atoms with Gasteiger partial charge in [-0.1, -0.05) is 6.07 Å². The molecule has 78 valence electrons. The van der Waals surface area contributed by atoms with Crippen molar-refractivity contribution in [1.29, 1.82) is 0 Å². The molecule has 1 heterocycles. The molecule has 14 heavy (non-hydrogen) atoms. The van der Waals surface area contributed by atoms with Crippen molar-refractivity contribution >= 4 is 5.82 Å². The third kappa shape index (κ3) is 3.55. The Labute approximate surface area is 81.1 Å². The van der Waals surface area contributed by atoms with Crippen molar-refractivity contribution in [1.82, 2.24) is 4.98 Å². The van der Waals surface area contributed by atoms with E-state index in [1.807, 2.05) is 6.92 Å². The number of anilines is 1. The summed E-state index contributed by atoms with van der Waals surface area (Å²) in [4.78, 5) is 3.97. The molecule has 0 saturated carbocycles. The first-order chi connectivity index (χ1) is 6.72. The van der Waals surface area contributed by atoms with Gasteiger partial charge in [0, 0.05) is 6.07 Å². The number of aromatic nitrogens is 1. The molecule has 0 atom stereocenters. The first-order valence-electron chi connectivity index (χ1n) is 4.34. The molecule has 1 aromatic heterocycles. The van der Waals surface area contributed by atoms with Gasteiger partial charge in [0.1, 0.15) is 5.82 Å². The average Bonchev–Trinajstić information content (AvgIpc) is 2.16. The van der Waals surface area contributed by atoms with Gasteiger partial charge in [-0.2, -0.15) is 4.98 Å². The lowest BCUT2D eigenvalue weighted by atomic mass is 10.4. The molecule has 1 N–H and O–H groups in total. The molecule has 1 aromatic rings. The second kappa shape index (κ2) is 5.36. The average molecular weight is 202 g/mol. The van der Waals surface area contributed by atoms with Gasteiger partial charge in [-0.25, -0.2) is 8.78 Å². The van der Waals surface area contributed by atoms with E-state index in [1.54, 1.807) is 18.2 Å². The Kier molecular flexibility index (Phi) is 4.10. The highest BCUT2D eigenvalue weighted by molar-refractivity contribution is 5.36. The van der Waals surface area contributed by atoms with Gasteiger partial charge in [-0.15, -0.1) is 0 Å². The highest BCUT2D eigenvalue weighted by atomic mass is 19.3. The monoisotopic (exact) mass is 202 g/mol. The summed E-state index contributed by atoms with van der Waals surface area (Å²) < 4.78 is 28.8. The molecule has 1 rings (SSSR count). The molecule has 0 fully saturated rings. The van der Waals surface area contributed by atoms with Crippen LogP contribution in [0.15, 0.2) is 18.2 Å². The van der Waals surface area contributed by atoms with Crippen LogP contribution in [0, 0.1) is 0 Å². The van der Waals surface area contributed by atoms with Crippen molar-refractivity contribution in [3.05, 3.63) is 18.2 Å². The molecule has 0 aliphatic rings. The Balaban J connectivity index is 2.54. The molecule has 5 heteroatoms. The minimum absolute atomic E-state index is 0.399. The zero-order chi connectivity index (χ0) is 10.4. The number of rotatable bonds is 5. The third-order valence-electron chi connectivity index (χ3n) is 1.45. The summed E-state index contributed by atoms with van der Waals surface area (Å²) in [6.45, 7) is 1.94. The van der Waals surface area contributed by atoms with Gasteiger partial charge < -0.3 is 10.1 Å². The number of hydrogen-bond acceptors (Lipinski definition) is 3. The van der Waals surface area contributed by atoms with Crippen LogP contribution >= 0.6 is 0 Å². The van der Waals surface area contributed by atoms with E-state index in [2.05, 4.69) is 10.3 Å². The molecule has 0 amide bonds. The molecule has 0 radical (unpaired) electrons. The summed E-state index contributed by atoms with van der Waals surface area (Å²) in [7, 11) is 0. The molecule has 0 saturated heterocycles. The minimum Gasteiger partial charge on any atom is -0.478 e. The van der Waals surface area contributed by atoms with E-state index in [9.17, 15) is 8.78 Å². The normalized spacial score (nSPS) is 10.3. The van der Waals surface area contributed by atoms with Crippen molar-refractivity contribution in [3.8, 4) is 5.88 Å². The van der Waals surface area contributed by atoms with Crippen molar-refractivity contribution < 1.29 is 13.5 Å². The van der Waals surface area contributed by atoms with Gasteiger partial charge in [0.25, 0.3) is 6.43 Å². The fourth-order valence-corrected chi connectivity index (χ4v) is 0.923. The molecule has 3 nitrogen and oxygen atoms in total. The van der Waals surface area contributed by atoms with Gasteiger partial charge in [0.2, 0.25) is 5.88 Å². The summed E-state index contributed by atoms with van der Waals surface area (Å²) in [6, 6.07) is 4.99. The molecular formula is C9H12F2N2O. The van der Waals surface area contributed by atoms with Gasteiger partial charge in [-0.05, 0) is 13.0 Å². The SMILES string of the molecule is CCOc1cccc(NCC(F)F)n1. The summed E-state index contributed by atoms with van der Waals surface area (Å²) >= 11 is 0. The summed E-state index contributed by atoms with van der Waals surface area (Å²) in [5.41, 5.74) is 0. The highest BCUT2D eigenvalue weighted by Gasteiger charge is 2.02. The van der Waals surface area contributed by atoms with Crippen LogP contribution < -0.4 is 10.1 Å². The quantitative estimate of drug-likeness (QED) is 0.794. The lowest BCUT2D eigenvalue weighted by Crippen LogP contribution is -2.11. The van der Waals surface area contributed by atoms with Gasteiger partial charge in [-0.3, -0.25) is 0 Å². The van der Waals surface area contributed by atoms with Crippen molar-refractivity contribution in [3.63, 3.8) is 0 Å². The van der Waals surface area contributed by atoms with Crippen molar-refractivity contribution in [2.24, 2.45) is 0 Å². The van der Waals surface area contributed by atoms with Gasteiger partial charge in [0.15, 0.2) is 0 Å². The Morgan fingerprint density at radius 2 is 2.29 bits per heavy atom. The number of hydrogen-bond donors (Lipinski definition) is 1. The predicted octanol–water partition coefficient (Wildman–Crippen LogP) is 2.16. The summed E-state index contributed by atoms with van der Waals surface area (Å²) in [5, 5.41) is 2.50. The van der Waals surface area contributed by atoms with E-state index in [0.717, 1.165) is 0 Å². The van der Waals surface area contributed by atoms with E-state index in [-0.39, 0.29) is 0 Å². The van der Waals surface area contributed by atoms with E-state index in [4.69, 9.17) is 4.74 Å². The number of ether oxygens (including phenoxy) is 1. The number of nitrogens with one attached hydrogen (secondary N) is 1. The molecule has 0 bridgehead atoms. The predicted molar refractivity (Wildman–Crippen MR) is 49.9 cm³/mol. The number of alkyl halides is 2. The Hall–Kier alpha value is -1.39. The Bertz CT molecular complexity index is 281. The lowest BCUT2D eigenvalue weighted by Gasteiger charge is -2.06. The highest BCUT2D eigenvalue weighted by Crippen LogP contribution is 2.11. The number of halogens is 2. The first kappa shape index (κ1) is 10.7. The fourth-order valence-electron chi connectivity index (χ4n) is 0.923. The van der Waals surface area contributed by atoms with Crippen LogP contribution in [0.1, 0.15) is 6.92 Å². The Morgan fingerprint density at radius 1 is 1.50 bits per heavy atom. The van der Waals surface area contributed by atoms with Crippen molar-refractivity contribution in [2.45, 2.75) is 13.3 Å². The third-order valence-corrected chi connectivity index (χ3v) is 1.45. The Morgan fingerprint density at radius 3 is 2.93 bits per heavy atom. The summed E-state index contributed by atoms with van der Waals surface area (Å²) in [5.74, 6) is 0.836. The maximum absolute atomic E-state index is 11.8. The second-order valence-electron chi connectivity index (χ2n) is 2.57. The number of nitrogens with zero attached hydrogens (tertiary/aromatic N) is 1. The second-order valence-corrected chi connectivity index (χ2v) is 2.57. The maximum atomic E-state index is 11.8. The molecule has 0 aliphatic heterocycles. The van der Waals surface area contributed by atoms with E-state index < -0.39 is 13.0 Å². The molecule has 0 aromatic carbocycles. The zero-order valence-corrected chi connectivity index (χ0v) is 7.84. The molecule has 0 unspecified atom stereocenters. The van der Waals surface area contributed by atoms with Gasteiger partial charge >= 0.3 is 0 Å². The maximum Gasteiger partial charge on any atom is 0.255 e. The molecule has 0 aliphatic carbocycles. The molecule has 0 spiro atoms. The van der Waals surface area contributed by atoms with E-state index >= 15 is 0 Å². The van der Waals surface area contributed by atoms with Gasteiger partial charge in [0.05, 0.1) is 13.2 Å². The number of pyridine rings is 1. The standard InChI is InChI=1S/C9H12F2N2O/c1-2-14-9-5-3-4-8(13-9)12-6-7(10)11/h3-5,7H,2,6H2,1H3,(H,12,13). The first-order valence-corrected chi connectivity index (χ1v) is 4.34. The van der Waals surface area contributed by atoms with Crippen LogP contribution in [0.5, 0.6) is 5.88 Å². The summed E-state index contributed by atoms with van der Waals surface area (Å²) in [6.07, 6.45) is -2.38.